The largest absolute Gasteiger partial charge is 0.493 e. The van der Waals surface area contributed by atoms with Crippen LogP contribution >= 0.6 is 0 Å². The fourth-order valence-corrected chi connectivity index (χ4v) is 2.99. The van der Waals surface area contributed by atoms with E-state index in [9.17, 15) is 0 Å². The number of rotatable bonds is 4. The van der Waals surface area contributed by atoms with Crippen LogP contribution in [0, 0.1) is 6.92 Å². The molecular formula is C18H21NO. The van der Waals surface area contributed by atoms with Crippen molar-refractivity contribution in [1.82, 2.24) is 0 Å². The first-order chi connectivity index (χ1) is 9.74. The summed E-state index contributed by atoms with van der Waals surface area (Å²) >= 11 is 0. The molecule has 0 aliphatic carbocycles. The highest BCUT2D eigenvalue weighted by Crippen LogP contribution is 2.36. The van der Waals surface area contributed by atoms with Crippen LogP contribution in [0.2, 0.25) is 0 Å². The molecule has 0 spiro atoms. The minimum absolute atomic E-state index is 0.177. The van der Waals surface area contributed by atoms with Crippen LogP contribution in [-0.2, 0) is 6.42 Å². The van der Waals surface area contributed by atoms with E-state index >= 15 is 0 Å². The first-order valence-electron chi connectivity index (χ1n) is 7.26. The van der Waals surface area contributed by atoms with Crippen LogP contribution in [0.15, 0.2) is 48.5 Å². The molecule has 20 heavy (non-hydrogen) atoms. The van der Waals surface area contributed by atoms with Gasteiger partial charge in [-0.3, -0.25) is 0 Å². The fraction of sp³-hybridized carbons (Fsp3) is 0.333. The molecule has 0 saturated heterocycles. The van der Waals surface area contributed by atoms with E-state index in [-0.39, 0.29) is 6.04 Å². The molecule has 2 unspecified atom stereocenters. The molecule has 0 saturated carbocycles. The van der Waals surface area contributed by atoms with E-state index in [4.69, 9.17) is 10.5 Å². The lowest BCUT2D eigenvalue weighted by Gasteiger charge is -2.17. The smallest absolute Gasteiger partial charge is 0.122 e. The van der Waals surface area contributed by atoms with E-state index in [1.165, 1.54) is 16.7 Å². The van der Waals surface area contributed by atoms with Gasteiger partial charge in [-0.15, -0.1) is 0 Å². The Balaban J connectivity index is 1.66. The second-order valence-electron chi connectivity index (χ2n) is 5.67. The Morgan fingerprint density at radius 3 is 2.75 bits per heavy atom. The molecule has 2 aromatic carbocycles. The standard InChI is InChI=1S/C18H21NO/c1-13-6-2-3-7-14(13)10-16(19)11-15-12-20-18-9-5-4-8-17(15)18/h2-9,15-16H,10-12,19H2,1H3. The SMILES string of the molecule is Cc1ccccc1CC(N)CC1COc2ccccc21. The molecule has 2 atom stereocenters. The lowest BCUT2D eigenvalue weighted by molar-refractivity contribution is 0.318. The average Bonchev–Trinajstić information content (AvgIpc) is 2.85. The van der Waals surface area contributed by atoms with E-state index in [2.05, 4.69) is 43.3 Å². The van der Waals surface area contributed by atoms with Crippen molar-refractivity contribution in [3.63, 3.8) is 0 Å². The quantitative estimate of drug-likeness (QED) is 0.921. The van der Waals surface area contributed by atoms with Crippen LogP contribution in [-0.4, -0.2) is 12.6 Å². The third-order valence-corrected chi connectivity index (χ3v) is 4.13. The number of hydrogen-bond donors (Lipinski definition) is 1. The van der Waals surface area contributed by atoms with Gasteiger partial charge in [0.15, 0.2) is 0 Å². The first kappa shape index (κ1) is 13.2. The summed E-state index contributed by atoms with van der Waals surface area (Å²) in [6.07, 6.45) is 1.91. The molecular weight excluding hydrogens is 246 g/mol. The summed E-state index contributed by atoms with van der Waals surface area (Å²) in [5.74, 6) is 1.46. The lowest BCUT2D eigenvalue weighted by Crippen LogP contribution is -2.26. The second kappa shape index (κ2) is 5.68. The maximum absolute atomic E-state index is 6.36. The summed E-state index contributed by atoms with van der Waals surface area (Å²) in [7, 11) is 0. The van der Waals surface area contributed by atoms with Crippen LogP contribution in [0.4, 0.5) is 0 Å². The van der Waals surface area contributed by atoms with Crippen molar-refractivity contribution in [1.29, 1.82) is 0 Å². The van der Waals surface area contributed by atoms with E-state index in [0.717, 1.165) is 25.2 Å². The van der Waals surface area contributed by atoms with Gasteiger partial charge in [-0.05, 0) is 37.0 Å². The molecule has 2 nitrogen and oxygen atoms in total. The van der Waals surface area contributed by atoms with Crippen molar-refractivity contribution in [2.45, 2.75) is 31.7 Å². The molecule has 0 bridgehead atoms. The van der Waals surface area contributed by atoms with Gasteiger partial charge in [0.25, 0.3) is 0 Å². The zero-order chi connectivity index (χ0) is 13.9. The Morgan fingerprint density at radius 1 is 1.15 bits per heavy atom. The molecule has 2 heteroatoms. The van der Waals surface area contributed by atoms with Crippen molar-refractivity contribution in [3.8, 4) is 5.75 Å². The number of aryl methyl sites for hydroxylation is 1. The number of fused-ring (bicyclic) bond motifs is 1. The van der Waals surface area contributed by atoms with Crippen LogP contribution < -0.4 is 10.5 Å². The third kappa shape index (κ3) is 2.70. The van der Waals surface area contributed by atoms with Crippen LogP contribution in [0.3, 0.4) is 0 Å². The van der Waals surface area contributed by atoms with Gasteiger partial charge in [0, 0.05) is 17.5 Å². The van der Waals surface area contributed by atoms with Crippen LogP contribution in [0.1, 0.15) is 29.0 Å². The zero-order valence-corrected chi connectivity index (χ0v) is 11.9. The van der Waals surface area contributed by atoms with Gasteiger partial charge in [0.1, 0.15) is 5.75 Å². The van der Waals surface area contributed by atoms with E-state index < -0.39 is 0 Å². The molecule has 3 rings (SSSR count). The molecule has 1 aliphatic rings. The normalized spacial score (nSPS) is 18.4. The number of hydrogen-bond acceptors (Lipinski definition) is 2. The summed E-state index contributed by atoms with van der Waals surface area (Å²) in [5, 5.41) is 0. The Morgan fingerprint density at radius 2 is 1.90 bits per heavy atom. The van der Waals surface area contributed by atoms with Gasteiger partial charge in [-0.25, -0.2) is 0 Å². The summed E-state index contributed by atoms with van der Waals surface area (Å²) in [6, 6.07) is 17.0. The van der Waals surface area contributed by atoms with Gasteiger partial charge in [0.2, 0.25) is 0 Å². The number of para-hydroxylation sites is 1. The zero-order valence-electron chi connectivity index (χ0n) is 11.9. The molecule has 1 aliphatic heterocycles. The van der Waals surface area contributed by atoms with Gasteiger partial charge < -0.3 is 10.5 Å². The maximum atomic E-state index is 6.36. The highest BCUT2D eigenvalue weighted by molar-refractivity contribution is 5.39. The van der Waals surface area contributed by atoms with Crippen molar-refractivity contribution in [2.75, 3.05) is 6.61 Å². The fourth-order valence-electron chi connectivity index (χ4n) is 2.99. The Labute approximate surface area is 120 Å². The molecule has 1 heterocycles. The summed E-state index contributed by atoms with van der Waals surface area (Å²) in [5.41, 5.74) is 10.3. The molecule has 0 fully saturated rings. The monoisotopic (exact) mass is 267 g/mol. The summed E-state index contributed by atoms with van der Waals surface area (Å²) in [4.78, 5) is 0. The van der Waals surface area contributed by atoms with Crippen LogP contribution in [0.5, 0.6) is 5.75 Å². The third-order valence-electron chi connectivity index (χ3n) is 4.13. The second-order valence-corrected chi connectivity index (χ2v) is 5.67. The Hall–Kier alpha value is -1.80. The highest BCUT2D eigenvalue weighted by Gasteiger charge is 2.25. The Kier molecular flexibility index (Phi) is 3.75. The average molecular weight is 267 g/mol. The minimum Gasteiger partial charge on any atom is -0.493 e. The van der Waals surface area contributed by atoms with Crippen molar-refractivity contribution >= 4 is 0 Å². The first-order valence-corrected chi connectivity index (χ1v) is 7.26. The molecule has 2 aromatic rings. The van der Waals surface area contributed by atoms with E-state index in [1.807, 2.05) is 12.1 Å². The predicted molar refractivity (Wildman–Crippen MR) is 82.2 cm³/mol. The highest BCUT2D eigenvalue weighted by atomic mass is 16.5. The predicted octanol–water partition coefficient (Wildman–Crippen LogP) is 3.43. The minimum atomic E-state index is 0.177. The molecule has 0 aromatic heterocycles. The molecule has 0 radical (unpaired) electrons. The van der Waals surface area contributed by atoms with Crippen molar-refractivity contribution in [3.05, 3.63) is 65.2 Å². The molecule has 0 amide bonds. The van der Waals surface area contributed by atoms with E-state index in [0.29, 0.717) is 5.92 Å². The number of ether oxygens (including phenoxy) is 1. The summed E-state index contributed by atoms with van der Waals surface area (Å²) in [6.45, 7) is 2.91. The van der Waals surface area contributed by atoms with Crippen molar-refractivity contribution < 1.29 is 4.74 Å². The van der Waals surface area contributed by atoms with E-state index in [1.54, 1.807) is 0 Å². The number of nitrogens with two attached hydrogens (primary N) is 1. The number of benzene rings is 2. The van der Waals surface area contributed by atoms with Crippen molar-refractivity contribution in [2.24, 2.45) is 5.73 Å². The Bertz CT molecular complexity index is 593. The molecule has 2 N–H and O–H groups in total. The van der Waals surface area contributed by atoms with Gasteiger partial charge >= 0.3 is 0 Å². The lowest BCUT2D eigenvalue weighted by atomic mass is 9.90. The topological polar surface area (TPSA) is 35.2 Å². The van der Waals surface area contributed by atoms with Gasteiger partial charge in [-0.2, -0.15) is 0 Å². The molecule has 104 valence electrons. The maximum Gasteiger partial charge on any atom is 0.122 e. The summed E-state index contributed by atoms with van der Waals surface area (Å²) < 4.78 is 5.73. The van der Waals surface area contributed by atoms with Gasteiger partial charge in [-0.1, -0.05) is 42.5 Å². The van der Waals surface area contributed by atoms with Crippen LogP contribution in [0.25, 0.3) is 0 Å². The van der Waals surface area contributed by atoms with Gasteiger partial charge in [0.05, 0.1) is 6.61 Å².